The van der Waals surface area contributed by atoms with Gasteiger partial charge in [-0.1, -0.05) is 0 Å². The molecule has 0 radical (unpaired) electrons. The Hall–Kier alpha value is -2.37. The molecule has 0 amide bonds. The Labute approximate surface area is 116 Å². The van der Waals surface area contributed by atoms with E-state index in [2.05, 4.69) is 20.1 Å². The lowest BCUT2D eigenvalue weighted by molar-refractivity contribution is 0.463. The number of hydrogen-bond donors (Lipinski definition) is 0. The van der Waals surface area contributed by atoms with Crippen molar-refractivity contribution in [3.8, 4) is 0 Å². The van der Waals surface area contributed by atoms with Crippen LogP contribution in [0.25, 0.3) is 5.65 Å². The second-order valence-electron chi connectivity index (χ2n) is 5.07. The van der Waals surface area contributed by atoms with E-state index in [1.54, 1.807) is 10.9 Å². The highest BCUT2D eigenvalue weighted by Crippen LogP contribution is 2.35. The first-order valence-corrected chi connectivity index (χ1v) is 6.82. The van der Waals surface area contributed by atoms with Crippen LogP contribution in [0.1, 0.15) is 30.5 Å². The first kappa shape index (κ1) is 11.5. The van der Waals surface area contributed by atoms with E-state index in [-0.39, 0.29) is 6.04 Å². The number of hydrogen-bond acceptors (Lipinski definition) is 5. The predicted octanol–water partition coefficient (Wildman–Crippen LogP) is 2.37. The molecule has 0 N–H and O–H groups in total. The molecule has 1 aliphatic heterocycles. The van der Waals surface area contributed by atoms with E-state index < -0.39 is 0 Å². The summed E-state index contributed by atoms with van der Waals surface area (Å²) in [6.07, 6.45) is 3.95. The van der Waals surface area contributed by atoms with Crippen molar-refractivity contribution < 1.29 is 4.42 Å². The van der Waals surface area contributed by atoms with Crippen LogP contribution in [-0.2, 0) is 0 Å². The molecule has 4 rings (SSSR count). The standard InChI is InChI=1S/C14H15N5O/c1-10-15-13-6-7-14(17-19(13)16-10)18-8-2-4-11(18)12-5-3-9-20-12/h3,5-7,9,11H,2,4,8H2,1H3/t11-/m1/s1. The third-order valence-corrected chi connectivity index (χ3v) is 3.72. The number of furan rings is 1. The summed E-state index contributed by atoms with van der Waals surface area (Å²) >= 11 is 0. The molecule has 1 fully saturated rings. The van der Waals surface area contributed by atoms with Crippen molar-refractivity contribution in [3.63, 3.8) is 0 Å². The van der Waals surface area contributed by atoms with Crippen LogP contribution in [0.3, 0.4) is 0 Å². The zero-order valence-electron chi connectivity index (χ0n) is 11.2. The second kappa shape index (κ2) is 4.33. The summed E-state index contributed by atoms with van der Waals surface area (Å²) in [6, 6.07) is 8.19. The zero-order valence-corrected chi connectivity index (χ0v) is 11.2. The molecular formula is C14H15N5O. The average molecular weight is 269 g/mol. The molecule has 4 heterocycles. The largest absolute Gasteiger partial charge is 0.467 e. The van der Waals surface area contributed by atoms with Gasteiger partial charge in [-0.05, 0) is 44.0 Å². The molecule has 0 bridgehead atoms. The molecule has 0 spiro atoms. The molecule has 1 atom stereocenters. The lowest BCUT2D eigenvalue weighted by Gasteiger charge is -2.23. The van der Waals surface area contributed by atoms with Gasteiger partial charge in [-0.15, -0.1) is 14.8 Å². The van der Waals surface area contributed by atoms with E-state index in [9.17, 15) is 0 Å². The lowest BCUT2D eigenvalue weighted by atomic mass is 10.1. The maximum Gasteiger partial charge on any atom is 0.176 e. The topological polar surface area (TPSA) is 59.5 Å². The first-order valence-electron chi connectivity index (χ1n) is 6.82. The van der Waals surface area contributed by atoms with Gasteiger partial charge in [0.05, 0.1) is 12.3 Å². The Balaban J connectivity index is 1.73. The van der Waals surface area contributed by atoms with Gasteiger partial charge in [0.1, 0.15) is 11.6 Å². The van der Waals surface area contributed by atoms with Crippen molar-refractivity contribution in [2.45, 2.75) is 25.8 Å². The lowest BCUT2D eigenvalue weighted by Crippen LogP contribution is -2.24. The number of fused-ring (bicyclic) bond motifs is 1. The normalized spacial score (nSPS) is 19.1. The van der Waals surface area contributed by atoms with Gasteiger partial charge in [-0.2, -0.15) is 0 Å². The van der Waals surface area contributed by atoms with Crippen LogP contribution >= 0.6 is 0 Å². The summed E-state index contributed by atoms with van der Waals surface area (Å²) in [5.41, 5.74) is 0.778. The van der Waals surface area contributed by atoms with Crippen LogP contribution in [0.5, 0.6) is 0 Å². The SMILES string of the molecule is Cc1nc2ccc(N3CCC[C@@H]3c3ccco3)nn2n1. The Bertz CT molecular complexity index is 733. The number of rotatable bonds is 2. The fourth-order valence-corrected chi connectivity index (χ4v) is 2.85. The molecule has 0 aliphatic carbocycles. The van der Waals surface area contributed by atoms with Gasteiger partial charge < -0.3 is 9.32 Å². The van der Waals surface area contributed by atoms with Crippen molar-refractivity contribution in [1.29, 1.82) is 0 Å². The van der Waals surface area contributed by atoms with Gasteiger partial charge in [-0.3, -0.25) is 0 Å². The minimum Gasteiger partial charge on any atom is -0.467 e. The quantitative estimate of drug-likeness (QED) is 0.714. The number of nitrogens with zero attached hydrogens (tertiary/aromatic N) is 5. The van der Waals surface area contributed by atoms with Crippen LogP contribution in [0.2, 0.25) is 0 Å². The summed E-state index contributed by atoms with van der Waals surface area (Å²) in [6.45, 7) is 2.85. The van der Waals surface area contributed by atoms with E-state index in [0.717, 1.165) is 42.4 Å². The van der Waals surface area contributed by atoms with Crippen molar-refractivity contribution >= 4 is 11.5 Å². The Morgan fingerprint density at radius 3 is 3.05 bits per heavy atom. The molecule has 6 nitrogen and oxygen atoms in total. The zero-order chi connectivity index (χ0) is 13.5. The van der Waals surface area contributed by atoms with E-state index in [0.29, 0.717) is 0 Å². The van der Waals surface area contributed by atoms with Gasteiger partial charge in [0.2, 0.25) is 0 Å². The minimum absolute atomic E-state index is 0.263. The van der Waals surface area contributed by atoms with Gasteiger partial charge >= 0.3 is 0 Å². The van der Waals surface area contributed by atoms with Crippen molar-refractivity contribution in [3.05, 3.63) is 42.1 Å². The molecule has 6 heteroatoms. The number of anilines is 1. The predicted molar refractivity (Wildman–Crippen MR) is 73.5 cm³/mol. The van der Waals surface area contributed by atoms with Gasteiger partial charge in [-0.25, -0.2) is 4.98 Å². The van der Waals surface area contributed by atoms with Crippen molar-refractivity contribution in [2.75, 3.05) is 11.4 Å². The monoisotopic (exact) mass is 269 g/mol. The maximum absolute atomic E-state index is 5.56. The summed E-state index contributed by atoms with van der Waals surface area (Å²) in [5, 5.41) is 8.84. The molecule has 0 aromatic carbocycles. The average Bonchev–Trinajstić information content (AvgIpc) is 3.16. The molecule has 102 valence electrons. The summed E-state index contributed by atoms with van der Waals surface area (Å²) < 4.78 is 7.16. The fourth-order valence-electron chi connectivity index (χ4n) is 2.85. The Kier molecular flexibility index (Phi) is 2.48. The molecule has 1 saturated heterocycles. The fraction of sp³-hybridized carbons (Fsp3) is 0.357. The van der Waals surface area contributed by atoms with Crippen LogP contribution in [0.15, 0.2) is 34.9 Å². The summed E-state index contributed by atoms with van der Waals surface area (Å²) in [7, 11) is 0. The van der Waals surface area contributed by atoms with Gasteiger partial charge in [0.15, 0.2) is 11.5 Å². The molecule has 0 saturated carbocycles. The van der Waals surface area contributed by atoms with Crippen LogP contribution in [0, 0.1) is 6.92 Å². The summed E-state index contributed by atoms with van der Waals surface area (Å²) in [4.78, 5) is 6.58. The number of aromatic nitrogens is 4. The van der Waals surface area contributed by atoms with Crippen LogP contribution in [-0.4, -0.2) is 26.4 Å². The highest BCUT2D eigenvalue weighted by Gasteiger charge is 2.29. The molecule has 1 aliphatic rings. The molecule has 3 aromatic heterocycles. The van der Waals surface area contributed by atoms with E-state index >= 15 is 0 Å². The second-order valence-corrected chi connectivity index (χ2v) is 5.07. The van der Waals surface area contributed by atoms with E-state index in [1.807, 2.05) is 31.2 Å². The third-order valence-electron chi connectivity index (χ3n) is 3.72. The van der Waals surface area contributed by atoms with Gasteiger partial charge in [0.25, 0.3) is 0 Å². The Morgan fingerprint density at radius 2 is 2.20 bits per heavy atom. The maximum atomic E-state index is 5.56. The smallest absolute Gasteiger partial charge is 0.176 e. The first-order chi connectivity index (χ1) is 9.81. The summed E-state index contributed by atoms with van der Waals surface area (Å²) in [5.74, 6) is 2.65. The molecule has 3 aromatic rings. The Morgan fingerprint density at radius 1 is 1.25 bits per heavy atom. The van der Waals surface area contributed by atoms with Crippen LogP contribution in [0.4, 0.5) is 5.82 Å². The number of aryl methyl sites for hydroxylation is 1. The highest BCUT2D eigenvalue weighted by atomic mass is 16.3. The molecule has 20 heavy (non-hydrogen) atoms. The highest BCUT2D eigenvalue weighted by molar-refractivity contribution is 5.47. The molecule has 0 unspecified atom stereocenters. The minimum atomic E-state index is 0.263. The third kappa shape index (κ3) is 1.76. The van der Waals surface area contributed by atoms with E-state index in [1.165, 1.54) is 0 Å². The van der Waals surface area contributed by atoms with Crippen LogP contribution < -0.4 is 4.90 Å². The van der Waals surface area contributed by atoms with Crippen molar-refractivity contribution in [1.82, 2.24) is 19.8 Å². The van der Waals surface area contributed by atoms with E-state index in [4.69, 9.17) is 4.42 Å². The van der Waals surface area contributed by atoms with Crippen molar-refractivity contribution in [2.24, 2.45) is 0 Å². The van der Waals surface area contributed by atoms with Gasteiger partial charge in [0, 0.05) is 6.54 Å². The molecular weight excluding hydrogens is 254 g/mol.